The van der Waals surface area contributed by atoms with Crippen molar-refractivity contribution in [2.75, 3.05) is 19.4 Å². The zero-order chi connectivity index (χ0) is 24.8. The van der Waals surface area contributed by atoms with Gasteiger partial charge in [-0.25, -0.2) is 9.97 Å². The maximum absolute atomic E-state index is 12.8. The molecule has 0 atom stereocenters. The van der Waals surface area contributed by atoms with Gasteiger partial charge in [-0.1, -0.05) is 24.4 Å². The van der Waals surface area contributed by atoms with Crippen molar-refractivity contribution in [2.45, 2.75) is 40.0 Å². The average molecular weight is 466 g/mol. The Labute approximate surface area is 189 Å². The fraction of sp³-hybridized carbons (Fsp3) is 0.348. The van der Waals surface area contributed by atoms with Gasteiger partial charge in [0.25, 0.3) is 5.91 Å². The van der Waals surface area contributed by atoms with Crippen molar-refractivity contribution in [2.24, 2.45) is 0 Å². The molecule has 4 rings (SSSR count). The standard InChI is InChI=1S/C12H12FN3O.C9H8F3NO.C2H6/c1-7-5-9-6-8(12(17)16(2)13)3-4-10(9)15-11(7)14;10-9(11,12)8-2-1-6-3-4-14-5-7(6)13-8;1-2/h3-6H,1-2H3,(H2,14,15);1-2H,3-5H2;1-2H3. The molecule has 2 aromatic heterocycles. The lowest BCUT2D eigenvalue weighted by Crippen LogP contribution is -2.17. The fourth-order valence-corrected chi connectivity index (χ4v) is 3.00. The van der Waals surface area contributed by atoms with Gasteiger partial charge in [0.05, 0.1) is 24.4 Å². The summed E-state index contributed by atoms with van der Waals surface area (Å²) in [5.41, 5.74) is 7.90. The first kappa shape index (κ1) is 26.0. The van der Waals surface area contributed by atoms with Gasteiger partial charge in [-0.05, 0) is 54.8 Å². The van der Waals surface area contributed by atoms with Gasteiger partial charge in [-0.15, -0.1) is 0 Å². The summed E-state index contributed by atoms with van der Waals surface area (Å²) in [4.78, 5) is 19.2. The van der Waals surface area contributed by atoms with Crippen LogP contribution in [-0.4, -0.2) is 34.7 Å². The van der Waals surface area contributed by atoms with Gasteiger partial charge in [0.1, 0.15) is 11.5 Å². The molecule has 3 heterocycles. The number of carbonyl (C=O) groups excluding carboxylic acids is 1. The van der Waals surface area contributed by atoms with Crippen LogP contribution in [0.3, 0.4) is 0 Å². The van der Waals surface area contributed by atoms with Crippen molar-refractivity contribution >= 4 is 22.6 Å². The number of aromatic nitrogens is 2. The van der Waals surface area contributed by atoms with E-state index in [9.17, 15) is 22.4 Å². The molecule has 2 N–H and O–H groups in total. The second kappa shape index (κ2) is 11.0. The number of pyridine rings is 2. The van der Waals surface area contributed by atoms with Gasteiger partial charge < -0.3 is 10.5 Å². The second-order valence-corrected chi connectivity index (χ2v) is 6.98. The Bertz CT molecular complexity index is 1120. The van der Waals surface area contributed by atoms with Gasteiger partial charge in [0, 0.05) is 18.0 Å². The fourth-order valence-electron chi connectivity index (χ4n) is 3.00. The Balaban J connectivity index is 0.000000221. The molecular weight excluding hydrogens is 440 g/mol. The second-order valence-electron chi connectivity index (χ2n) is 6.98. The molecule has 1 aromatic carbocycles. The summed E-state index contributed by atoms with van der Waals surface area (Å²) < 4.78 is 54.6. The lowest BCUT2D eigenvalue weighted by Gasteiger charge is -2.16. The topological polar surface area (TPSA) is 81.3 Å². The van der Waals surface area contributed by atoms with Crippen LogP contribution in [0.15, 0.2) is 36.4 Å². The number of nitrogens with zero attached hydrogens (tertiary/aromatic N) is 3. The van der Waals surface area contributed by atoms with Crippen molar-refractivity contribution in [3.8, 4) is 0 Å². The van der Waals surface area contributed by atoms with Crippen LogP contribution in [0.4, 0.5) is 23.5 Å². The molecular formula is C23H26F4N4O2. The Morgan fingerprint density at radius 1 is 1.12 bits per heavy atom. The summed E-state index contributed by atoms with van der Waals surface area (Å²) in [6.07, 6.45) is -3.73. The predicted molar refractivity (Wildman–Crippen MR) is 118 cm³/mol. The number of aryl methyl sites for hydroxylation is 1. The van der Waals surface area contributed by atoms with Crippen molar-refractivity contribution in [3.05, 3.63) is 64.5 Å². The van der Waals surface area contributed by atoms with Gasteiger partial charge >= 0.3 is 6.18 Å². The number of ether oxygens (including phenoxy) is 1. The molecule has 0 unspecified atom stereocenters. The van der Waals surface area contributed by atoms with Crippen LogP contribution in [0.5, 0.6) is 0 Å². The SMILES string of the molecule is CC.Cc1cc2cc(C(=O)N(C)F)ccc2nc1N.FC(F)(F)c1ccc2c(n1)COCC2. The van der Waals surface area contributed by atoms with Crippen molar-refractivity contribution in [3.63, 3.8) is 0 Å². The number of nitrogens with two attached hydrogens (primary N) is 1. The molecule has 0 bridgehead atoms. The molecule has 1 aliphatic heterocycles. The lowest BCUT2D eigenvalue weighted by molar-refractivity contribution is -0.141. The number of anilines is 1. The van der Waals surface area contributed by atoms with Crippen LogP contribution in [0.25, 0.3) is 10.9 Å². The van der Waals surface area contributed by atoms with E-state index in [1.54, 1.807) is 12.1 Å². The summed E-state index contributed by atoms with van der Waals surface area (Å²) in [6, 6.07) is 9.11. The Hall–Kier alpha value is -3.27. The molecule has 0 saturated heterocycles. The summed E-state index contributed by atoms with van der Waals surface area (Å²) in [5.74, 6) is -0.222. The Kier molecular flexibility index (Phi) is 8.69. The van der Waals surface area contributed by atoms with Crippen LogP contribution in [0, 0.1) is 6.92 Å². The largest absolute Gasteiger partial charge is 0.433 e. The quantitative estimate of drug-likeness (QED) is 0.390. The number of fused-ring (bicyclic) bond motifs is 2. The number of amides is 1. The first-order chi connectivity index (χ1) is 15.6. The minimum atomic E-state index is -4.37. The number of benzene rings is 1. The van der Waals surface area contributed by atoms with Gasteiger partial charge in [0.15, 0.2) is 0 Å². The number of halogens is 4. The number of rotatable bonds is 1. The maximum Gasteiger partial charge on any atom is 0.433 e. The molecule has 178 valence electrons. The van der Waals surface area contributed by atoms with Crippen LogP contribution >= 0.6 is 0 Å². The highest BCUT2D eigenvalue weighted by molar-refractivity contribution is 5.97. The number of hydrogen-bond acceptors (Lipinski definition) is 5. The zero-order valence-electron chi connectivity index (χ0n) is 18.8. The number of alkyl halides is 3. The Morgan fingerprint density at radius 3 is 2.45 bits per heavy atom. The number of nitrogen functional groups attached to an aromatic ring is 1. The third-order valence-electron chi connectivity index (χ3n) is 4.68. The van der Waals surface area contributed by atoms with E-state index in [0.717, 1.165) is 29.6 Å². The van der Waals surface area contributed by atoms with Crippen LogP contribution in [0.2, 0.25) is 0 Å². The van der Waals surface area contributed by atoms with E-state index in [0.29, 0.717) is 30.1 Å². The summed E-state index contributed by atoms with van der Waals surface area (Å²) >= 11 is 0. The molecule has 0 fully saturated rings. The Morgan fingerprint density at radius 2 is 1.82 bits per heavy atom. The van der Waals surface area contributed by atoms with Gasteiger partial charge in [-0.3, -0.25) is 4.79 Å². The highest BCUT2D eigenvalue weighted by atomic mass is 19.4. The van der Waals surface area contributed by atoms with Gasteiger partial charge in [0.2, 0.25) is 0 Å². The molecule has 1 amide bonds. The van der Waals surface area contributed by atoms with E-state index in [4.69, 9.17) is 10.5 Å². The van der Waals surface area contributed by atoms with E-state index >= 15 is 0 Å². The predicted octanol–water partition coefficient (Wildman–Crippen LogP) is 5.28. The highest BCUT2D eigenvalue weighted by Crippen LogP contribution is 2.29. The minimum absolute atomic E-state index is 0.0543. The monoisotopic (exact) mass is 466 g/mol. The average Bonchev–Trinajstić information content (AvgIpc) is 2.80. The molecule has 0 aliphatic carbocycles. The normalized spacial score (nSPS) is 12.6. The first-order valence-corrected chi connectivity index (χ1v) is 10.3. The maximum atomic E-state index is 12.8. The van der Waals surface area contributed by atoms with E-state index in [2.05, 4.69) is 9.97 Å². The van der Waals surface area contributed by atoms with Gasteiger partial charge in [-0.2, -0.15) is 18.3 Å². The lowest BCUT2D eigenvalue weighted by atomic mass is 10.1. The van der Waals surface area contributed by atoms with Crippen LogP contribution in [0.1, 0.15) is 46.7 Å². The summed E-state index contributed by atoms with van der Waals surface area (Å²) in [5, 5.41) is 0.822. The molecule has 0 spiro atoms. The first-order valence-electron chi connectivity index (χ1n) is 10.3. The van der Waals surface area contributed by atoms with E-state index in [1.165, 1.54) is 12.1 Å². The third-order valence-corrected chi connectivity index (χ3v) is 4.68. The molecule has 1 aliphatic rings. The molecule has 0 saturated carbocycles. The van der Waals surface area contributed by atoms with Crippen molar-refractivity contribution in [1.82, 2.24) is 15.1 Å². The number of hydrogen-bond donors (Lipinski definition) is 1. The minimum Gasteiger partial charge on any atom is -0.383 e. The number of carbonyl (C=O) groups is 1. The molecule has 3 aromatic rings. The summed E-state index contributed by atoms with van der Waals surface area (Å²) in [7, 11) is 1.07. The van der Waals surface area contributed by atoms with E-state index < -0.39 is 17.8 Å². The smallest absolute Gasteiger partial charge is 0.383 e. The molecule has 33 heavy (non-hydrogen) atoms. The molecule has 6 nitrogen and oxygen atoms in total. The van der Waals surface area contributed by atoms with E-state index in [-0.39, 0.29) is 17.3 Å². The van der Waals surface area contributed by atoms with E-state index in [1.807, 2.05) is 26.8 Å². The molecule has 10 heteroatoms. The summed E-state index contributed by atoms with van der Waals surface area (Å²) in [6.45, 7) is 6.57. The van der Waals surface area contributed by atoms with Crippen LogP contribution in [-0.2, 0) is 23.9 Å². The van der Waals surface area contributed by atoms with Crippen LogP contribution < -0.4 is 5.73 Å². The van der Waals surface area contributed by atoms with Crippen molar-refractivity contribution < 1.29 is 27.2 Å². The zero-order valence-corrected chi connectivity index (χ0v) is 18.8. The van der Waals surface area contributed by atoms with Crippen molar-refractivity contribution in [1.29, 1.82) is 0 Å². The highest BCUT2D eigenvalue weighted by Gasteiger charge is 2.33. The third kappa shape index (κ3) is 6.61. The molecule has 0 radical (unpaired) electrons.